The summed E-state index contributed by atoms with van der Waals surface area (Å²) in [6.07, 6.45) is 0.661. The largest absolute Gasteiger partial charge is 0.382 e. The number of aromatic nitrogens is 1. The molecule has 29 heavy (non-hydrogen) atoms. The average Bonchev–Trinajstić information content (AvgIpc) is 2.76. The first kappa shape index (κ1) is 19.8. The van der Waals surface area contributed by atoms with Gasteiger partial charge in [-0.2, -0.15) is 0 Å². The summed E-state index contributed by atoms with van der Waals surface area (Å²) in [7, 11) is 0. The Bertz CT molecular complexity index is 961. The van der Waals surface area contributed by atoms with Crippen molar-refractivity contribution < 1.29 is 9.50 Å². The summed E-state index contributed by atoms with van der Waals surface area (Å²) in [6.45, 7) is 3.70. The summed E-state index contributed by atoms with van der Waals surface area (Å²) < 4.78 is 14.8. The quantitative estimate of drug-likeness (QED) is 0.680. The Balaban J connectivity index is 1.51. The summed E-state index contributed by atoms with van der Waals surface area (Å²) in [5, 5.41) is 11.6. The maximum absolute atomic E-state index is 14.8. The Morgan fingerprint density at radius 2 is 1.72 bits per heavy atom. The highest BCUT2D eigenvalue weighted by molar-refractivity contribution is 6.31. The molecule has 0 amide bonds. The van der Waals surface area contributed by atoms with Gasteiger partial charge in [-0.1, -0.05) is 48.0 Å². The number of benzene rings is 2. The van der Waals surface area contributed by atoms with E-state index < -0.39 is 6.10 Å². The molecule has 1 atom stereocenters. The predicted molar refractivity (Wildman–Crippen MR) is 114 cm³/mol. The molecule has 2 heterocycles. The van der Waals surface area contributed by atoms with E-state index in [1.807, 2.05) is 35.2 Å². The highest BCUT2D eigenvalue weighted by Crippen LogP contribution is 2.33. The first-order valence-corrected chi connectivity index (χ1v) is 10.1. The maximum Gasteiger partial charge on any atom is 0.146 e. The summed E-state index contributed by atoms with van der Waals surface area (Å²) in [6, 6.07) is 18.1. The number of para-hydroxylation sites is 1. The topological polar surface area (TPSA) is 39.6 Å². The van der Waals surface area contributed by atoms with Crippen LogP contribution in [0.3, 0.4) is 0 Å². The Labute approximate surface area is 175 Å². The molecule has 1 aliphatic heterocycles. The molecule has 0 spiro atoms. The van der Waals surface area contributed by atoms with Gasteiger partial charge in [-0.25, -0.2) is 4.39 Å². The van der Waals surface area contributed by atoms with E-state index in [-0.39, 0.29) is 5.82 Å². The molecule has 1 N–H and O–H groups in total. The summed E-state index contributed by atoms with van der Waals surface area (Å²) in [5.41, 5.74) is 2.61. The van der Waals surface area contributed by atoms with Crippen LogP contribution in [0.2, 0.25) is 5.02 Å². The fourth-order valence-corrected chi connectivity index (χ4v) is 3.98. The minimum atomic E-state index is -0.969. The van der Waals surface area contributed by atoms with Crippen LogP contribution < -0.4 is 4.90 Å². The van der Waals surface area contributed by atoms with E-state index in [0.717, 1.165) is 30.2 Å². The number of anilines is 1. The van der Waals surface area contributed by atoms with Crippen LogP contribution in [0.1, 0.15) is 22.9 Å². The molecule has 1 saturated heterocycles. The van der Waals surface area contributed by atoms with E-state index in [0.29, 0.717) is 30.0 Å². The van der Waals surface area contributed by atoms with Crippen LogP contribution in [0.15, 0.2) is 66.9 Å². The van der Waals surface area contributed by atoms with E-state index in [2.05, 4.69) is 9.88 Å². The van der Waals surface area contributed by atoms with Crippen LogP contribution in [0.5, 0.6) is 0 Å². The van der Waals surface area contributed by atoms with Crippen LogP contribution in [-0.4, -0.2) is 41.2 Å². The Hall–Kier alpha value is -2.47. The van der Waals surface area contributed by atoms with Gasteiger partial charge in [0, 0.05) is 49.5 Å². The highest BCUT2D eigenvalue weighted by atomic mass is 35.5. The molecular formula is C23H23ClFN3O. The average molecular weight is 412 g/mol. The van der Waals surface area contributed by atoms with Gasteiger partial charge < -0.3 is 10.0 Å². The molecule has 4 nitrogen and oxygen atoms in total. The lowest BCUT2D eigenvalue weighted by Crippen LogP contribution is -2.46. The first-order chi connectivity index (χ1) is 14.1. The van der Waals surface area contributed by atoms with Gasteiger partial charge in [0.2, 0.25) is 0 Å². The molecule has 4 rings (SSSR count). The second-order valence-corrected chi connectivity index (χ2v) is 7.60. The smallest absolute Gasteiger partial charge is 0.146 e. The minimum Gasteiger partial charge on any atom is -0.382 e. The van der Waals surface area contributed by atoms with Gasteiger partial charge in [-0.15, -0.1) is 0 Å². The lowest BCUT2D eigenvalue weighted by molar-refractivity contribution is 0.213. The number of pyridine rings is 1. The van der Waals surface area contributed by atoms with Crippen molar-refractivity contribution >= 4 is 17.3 Å². The molecule has 1 aromatic heterocycles. The van der Waals surface area contributed by atoms with Crippen LogP contribution in [0.4, 0.5) is 10.1 Å². The first-order valence-electron chi connectivity index (χ1n) is 9.71. The molecule has 3 aromatic rings. The van der Waals surface area contributed by atoms with Crippen molar-refractivity contribution in [3.63, 3.8) is 0 Å². The molecule has 2 aromatic carbocycles. The molecule has 0 radical (unpaired) electrons. The molecule has 0 saturated carbocycles. The summed E-state index contributed by atoms with van der Waals surface area (Å²) in [5.74, 6) is -0.322. The van der Waals surface area contributed by atoms with Gasteiger partial charge >= 0.3 is 0 Å². The fourth-order valence-electron chi connectivity index (χ4n) is 3.78. The Morgan fingerprint density at radius 3 is 2.45 bits per heavy atom. The lowest BCUT2D eigenvalue weighted by Gasteiger charge is -2.37. The number of piperazine rings is 1. The summed E-state index contributed by atoms with van der Waals surface area (Å²) in [4.78, 5) is 8.55. The van der Waals surface area contributed by atoms with Gasteiger partial charge in [0.15, 0.2) is 0 Å². The number of hydrogen-bond acceptors (Lipinski definition) is 4. The zero-order valence-electron chi connectivity index (χ0n) is 16.0. The second kappa shape index (κ2) is 8.91. The number of hydrogen-bond donors (Lipinski definition) is 1. The van der Waals surface area contributed by atoms with Gasteiger partial charge in [0.1, 0.15) is 11.9 Å². The molecule has 0 unspecified atom stereocenters. The van der Waals surface area contributed by atoms with E-state index in [1.165, 1.54) is 6.07 Å². The van der Waals surface area contributed by atoms with Crippen LogP contribution in [0.25, 0.3) is 0 Å². The number of aliphatic hydroxyl groups excluding tert-OH is 1. The number of aliphatic hydroxyl groups is 1. The molecule has 1 aliphatic rings. The SMILES string of the molecule is O[C@@H](c1ccccn1)c1cccc(F)c1N1CCN(Cc2ccccc2Cl)CC1. The van der Waals surface area contributed by atoms with Crippen molar-refractivity contribution in [2.75, 3.05) is 31.1 Å². The summed E-state index contributed by atoms with van der Waals surface area (Å²) >= 11 is 6.28. The van der Waals surface area contributed by atoms with E-state index >= 15 is 0 Å². The number of halogens is 2. The van der Waals surface area contributed by atoms with Gasteiger partial charge in [-0.3, -0.25) is 9.88 Å². The predicted octanol–water partition coefficient (Wildman–Crippen LogP) is 4.28. The third kappa shape index (κ3) is 4.42. The van der Waals surface area contributed by atoms with Gasteiger partial charge in [-0.05, 0) is 29.8 Å². The van der Waals surface area contributed by atoms with E-state index in [4.69, 9.17) is 11.6 Å². The molecule has 0 aliphatic carbocycles. The number of nitrogens with zero attached hydrogens (tertiary/aromatic N) is 3. The van der Waals surface area contributed by atoms with Crippen LogP contribution >= 0.6 is 11.6 Å². The van der Waals surface area contributed by atoms with Crippen molar-refractivity contribution in [2.24, 2.45) is 0 Å². The molecule has 0 bridgehead atoms. The molecule has 1 fully saturated rings. The van der Waals surface area contributed by atoms with E-state index in [1.54, 1.807) is 30.5 Å². The van der Waals surface area contributed by atoms with Crippen LogP contribution in [-0.2, 0) is 6.54 Å². The zero-order chi connectivity index (χ0) is 20.2. The Morgan fingerprint density at radius 1 is 0.966 bits per heavy atom. The monoisotopic (exact) mass is 411 g/mol. The molecule has 6 heteroatoms. The highest BCUT2D eigenvalue weighted by Gasteiger charge is 2.25. The minimum absolute atomic E-state index is 0.322. The maximum atomic E-state index is 14.8. The van der Waals surface area contributed by atoms with Gasteiger partial charge in [0.05, 0.1) is 11.4 Å². The van der Waals surface area contributed by atoms with Crippen molar-refractivity contribution in [3.8, 4) is 0 Å². The Kier molecular flexibility index (Phi) is 6.09. The standard InChI is InChI=1S/C23H23ClFN3O/c24-19-8-2-1-6-17(19)16-27-12-14-28(15-13-27)22-18(7-5-9-20(22)25)23(29)21-10-3-4-11-26-21/h1-11,23,29H,12-16H2/t23-/m1/s1. The van der Waals surface area contributed by atoms with E-state index in [9.17, 15) is 9.50 Å². The van der Waals surface area contributed by atoms with Crippen LogP contribution in [0, 0.1) is 5.82 Å². The van der Waals surface area contributed by atoms with Crippen molar-refractivity contribution in [1.29, 1.82) is 0 Å². The number of rotatable bonds is 5. The van der Waals surface area contributed by atoms with Crippen molar-refractivity contribution in [1.82, 2.24) is 9.88 Å². The lowest BCUT2D eigenvalue weighted by atomic mass is 10.0. The molecule has 150 valence electrons. The zero-order valence-corrected chi connectivity index (χ0v) is 16.8. The third-order valence-corrected chi connectivity index (χ3v) is 5.69. The van der Waals surface area contributed by atoms with Gasteiger partial charge in [0.25, 0.3) is 0 Å². The third-order valence-electron chi connectivity index (χ3n) is 5.32. The fraction of sp³-hybridized carbons (Fsp3) is 0.261. The normalized spacial score (nSPS) is 16.0. The molecular weight excluding hydrogens is 389 g/mol. The van der Waals surface area contributed by atoms with Crippen molar-refractivity contribution in [2.45, 2.75) is 12.6 Å². The second-order valence-electron chi connectivity index (χ2n) is 7.19. The van der Waals surface area contributed by atoms with Crippen molar-refractivity contribution in [3.05, 3.63) is 94.5 Å².